The van der Waals surface area contributed by atoms with Crippen molar-refractivity contribution >= 4 is 5.91 Å². The van der Waals surface area contributed by atoms with Crippen LogP contribution in [0.4, 0.5) is 0 Å². The molecule has 1 aromatic carbocycles. The molecule has 2 nitrogen and oxygen atoms in total. The molecule has 1 amide bonds. The lowest BCUT2D eigenvalue weighted by Gasteiger charge is -2.34. The summed E-state index contributed by atoms with van der Waals surface area (Å²) < 4.78 is 0. The summed E-state index contributed by atoms with van der Waals surface area (Å²) in [5, 5.41) is 0. The second-order valence-corrected chi connectivity index (χ2v) is 6.71. The average Bonchev–Trinajstić information content (AvgIpc) is 2.85. The molecular formula is C19H27NO. The molecular weight excluding hydrogens is 258 g/mol. The molecule has 2 heterocycles. The van der Waals surface area contributed by atoms with Crippen LogP contribution in [0.15, 0.2) is 24.3 Å². The number of amides is 1. The van der Waals surface area contributed by atoms with E-state index in [0.717, 1.165) is 19.4 Å². The zero-order valence-corrected chi connectivity index (χ0v) is 13.2. The third kappa shape index (κ3) is 3.14. The van der Waals surface area contributed by atoms with Crippen molar-refractivity contribution in [1.29, 1.82) is 0 Å². The third-order valence-electron chi connectivity index (χ3n) is 5.34. The van der Waals surface area contributed by atoms with Crippen LogP contribution in [-0.4, -0.2) is 23.4 Å². The van der Waals surface area contributed by atoms with Gasteiger partial charge < -0.3 is 4.90 Å². The predicted octanol–water partition coefficient (Wildman–Crippen LogP) is 4.42. The molecule has 2 saturated heterocycles. The summed E-state index contributed by atoms with van der Waals surface area (Å²) in [7, 11) is 0. The van der Waals surface area contributed by atoms with Crippen LogP contribution in [0.2, 0.25) is 0 Å². The van der Waals surface area contributed by atoms with Crippen LogP contribution in [-0.2, 0) is 4.79 Å². The minimum atomic E-state index is 0.388. The van der Waals surface area contributed by atoms with Crippen LogP contribution >= 0.6 is 0 Å². The zero-order valence-electron chi connectivity index (χ0n) is 13.2. The smallest absolute Gasteiger partial charge is 0.222 e. The van der Waals surface area contributed by atoms with E-state index in [-0.39, 0.29) is 0 Å². The van der Waals surface area contributed by atoms with Gasteiger partial charge in [0.2, 0.25) is 5.91 Å². The summed E-state index contributed by atoms with van der Waals surface area (Å²) in [4.78, 5) is 14.5. The van der Waals surface area contributed by atoms with E-state index < -0.39 is 0 Å². The highest BCUT2D eigenvalue weighted by Crippen LogP contribution is 2.37. The summed E-state index contributed by atoms with van der Waals surface area (Å²) >= 11 is 0. The summed E-state index contributed by atoms with van der Waals surface area (Å²) in [6.45, 7) is 3.20. The second kappa shape index (κ2) is 6.64. The first-order valence-electron chi connectivity index (χ1n) is 8.62. The maximum absolute atomic E-state index is 12.3. The van der Waals surface area contributed by atoms with Gasteiger partial charge in [-0.25, -0.2) is 0 Å². The van der Waals surface area contributed by atoms with Gasteiger partial charge in [0, 0.05) is 24.9 Å². The lowest BCUT2D eigenvalue weighted by Crippen LogP contribution is -2.38. The third-order valence-corrected chi connectivity index (χ3v) is 5.34. The van der Waals surface area contributed by atoms with E-state index in [2.05, 4.69) is 36.1 Å². The van der Waals surface area contributed by atoms with Gasteiger partial charge in [-0.1, -0.05) is 49.9 Å². The molecule has 2 aliphatic rings. The fourth-order valence-electron chi connectivity index (χ4n) is 4.20. The summed E-state index contributed by atoms with van der Waals surface area (Å²) in [6.07, 6.45) is 9.49. The van der Waals surface area contributed by atoms with E-state index in [1.54, 1.807) is 0 Å². The van der Waals surface area contributed by atoms with Crippen molar-refractivity contribution in [3.63, 3.8) is 0 Å². The second-order valence-electron chi connectivity index (χ2n) is 6.71. The number of rotatable bonds is 1. The first-order chi connectivity index (χ1) is 10.3. The molecule has 2 unspecified atom stereocenters. The van der Waals surface area contributed by atoms with Crippen LogP contribution in [0.25, 0.3) is 0 Å². The highest BCUT2D eigenvalue weighted by atomic mass is 16.2. The Morgan fingerprint density at radius 3 is 2.62 bits per heavy atom. The van der Waals surface area contributed by atoms with Gasteiger partial charge in [0.15, 0.2) is 0 Å². The van der Waals surface area contributed by atoms with Crippen molar-refractivity contribution in [2.75, 3.05) is 6.54 Å². The molecule has 114 valence electrons. The van der Waals surface area contributed by atoms with Crippen molar-refractivity contribution < 1.29 is 4.79 Å². The van der Waals surface area contributed by atoms with Gasteiger partial charge in [0.05, 0.1) is 0 Å². The molecule has 2 fully saturated rings. The SMILES string of the molecule is Cc1ccccc1C1CCCCCCCN2C(=O)CCC12. The molecule has 1 aromatic rings. The number of hydrogen-bond donors (Lipinski definition) is 0. The van der Waals surface area contributed by atoms with Gasteiger partial charge in [-0.3, -0.25) is 4.79 Å². The Morgan fingerprint density at radius 2 is 1.76 bits per heavy atom. The van der Waals surface area contributed by atoms with Crippen LogP contribution in [0.1, 0.15) is 68.4 Å². The van der Waals surface area contributed by atoms with E-state index in [0.29, 0.717) is 17.9 Å². The molecule has 21 heavy (non-hydrogen) atoms. The van der Waals surface area contributed by atoms with Crippen molar-refractivity contribution in [1.82, 2.24) is 4.90 Å². The number of benzene rings is 1. The number of carbonyl (C=O) groups is 1. The minimum absolute atomic E-state index is 0.388. The van der Waals surface area contributed by atoms with Gasteiger partial charge in [-0.05, 0) is 37.3 Å². The first-order valence-corrected chi connectivity index (χ1v) is 8.62. The molecule has 2 heteroatoms. The normalized spacial score (nSPS) is 27.5. The Morgan fingerprint density at radius 1 is 1.00 bits per heavy atom. The number of fused-ring (bicyclic) bond motifs is 1. The standard InChI is InChI=1S/C19H27NO/c1-15-9-6-7-10-16(15)17-11-5-3-2-4-8-14-20-18(17)12-13-19(20)21/h6-7,9-10,17-18H,2-5,8,11-14H2,1H3. The van der Waals surface area contributed by atoms with Gasteiger partial charge in [-0.2, -0.15) is 0 Å². The topological polar surface area (TPSA) is 20.3 Å². The molecule has 2 aliphatic heterocycles. The monoisotopic (exact) mass is 285 g/mol. The predicted molar refractivity (Wildman–Crippen MR) is 86.4 cm³/mol. The van der Waals surface area contributed by atoms with Crippen molar-refractivity contribution in [2.24, 2.45) is 0 Å². The van der Waals surface area contributed by atoms with Gasteiger partial charge in [-0.15, -0.1) is 0 Å². The van der Waals surface area contributed by atoms with E-state index in [1.165, 1.54) is 49.7 Å². The average molecular weight is 285 g/mol. The molecule has 0 aromatic heterocycles. The van der Waals surface area contributed by atoms with Crippen LogP contribution < -0.4 is 0 Å². The van der Waals surface area contributed by atoms with Gasteiger partial charge >= 0.3 is 0 Å². The molecule has 0 bridgehead atoms. The molecule has 2 atom stereocenters. The number of hydrogen-bond acceptors (Lipinski definition) is 1. The summed E-state index contributed by atoms with van der Waals surface area (Å²) in [5.41, 5.74) is 2.86. The zero-order chi connectivity index (χ0) is 14.7. The fraction of sp³-hybridized carbons (Fsp3) is 0.632. The quantitative estimate of drug-likeness (QED) is 0.747. The Hall–Kier alpha value is -1.31. The lowest BCUT2D eigenvalue weighted by molar-refractivity contribution is -0.129. The maximum atomic E-state index is 12.3. The molecule has 3 rings (SSSR count). The maximum Gasteiger partial charge on any atom is 0.222 e. The molecule has 0 radical (unpaired) electrons. The number of carbonyl (C=O) groups excluding carboxylic acids is 1. The fourth-order valence-corrected chi connectivity index (χ4v) is 4.20. The van der Waals surface area contributed by atoms with Crippen molar-refractivity contribution in [3.8, 4) is 0 Å². The van der Waals surface area contributed by atoms with Crippen LogP contribution in [0.5, 0.6) is 0 Å². The van der Waals surface area contributed by atoms with Crippen LogP contribution in [0, 0.1) is 6.92 Å². The Balaban J connectivity index is 1.90. The van der Waals surface area contributed by atoms with Gasteiger partial charge in [0.1, 0.15) is 0 Å². The van der Waals surface area contributed by atoms with E-state index in [1.807, 2.05) is 0 Å². The van der Waals surface area contributed by atoms with E-state index >= 15 is 0 Å². The Kier molecular flexibility index (Phi) is 4.62. The van der Waals surface area contributed by atoms with Gasteiger partial charge in [0.25, 0.3) is 0 Å². The molecule has 0 spiro atoms. The largest absolute Gasteiger partial charge is 0.339 e. The lowest BCUT2D eigenvalue weighted by atomic mass is 9.83. The van der Waals surface area contributed by atoms with Crippen molar-refractivity contribution in [3.05, 3.63) is 35.4 Å². The molecule has 0 aliphatic carbocycles. The van der Waals surface area contributed by atoms with E-state index in [9.17, 15) is 4.79 Å². The number of aryl methyl sites for hydroxylation is 1. The van der Waals surface area contributed by atoms with Crippen LogP contribution in [0.3, 0.4) is 0 Å². The Labute approximate surface area is 128 Å². The highest BCUT2D eigenvalue weighted by molar-refractivity contribution is 5.79. The summed E-state index contributed by atoms with van der Waals surface area (Å²) in [6, 6.07) is 9.22. The first kappa shape index (κ1) is 14.6. The number of nitrogens with zero attached hydrogens (tertiary/aromatic N) is 1. The van der Waals surface area contributed by atoms with Crippen molar-refractivity contribution in [2.45, 2.75) is 70.3 Å². The Bertz CT molecular complexity index is 496. The highest BCUT2D eigenvalue weighted by Gasteiger charge is 2.37. The summed E-state index contributed by atoms with van der Waals surface area (Å²) in [5.74, 6) is 0.926. The minimum Gasteiger partial charge on any atom is -0.339 e. The molecule has 0 N–H and O–H groups in total. The van der Waals surface area contributed by atoms with E-state index in [4.69, 9.17) is 0 Å². The molecule has 0 saturated carbocycles.